The van der Waals surface area contributed by atoms with E-state index in [2.05, 4.69) is 16.5 Å². The summed E-state index contributed by atoms with van der Waals surface area (Å²) >= 11 is 6.81. The third-order valence-corrected chi connectivity index (χ3v) is 8.35. The Labute approximate surface area is 249 Å². The molecule has 1 amide bonds. The summed E-state index contributed by atoms with van der Waals surface area (Å²) < 4.78 is 16.5. The van der Waals surface area contributed by atoms with Crippen molar-refractivity contribution in [3.05, 3.63) is 87.3 Å². The van der Waals surface area contributed by atoms with Crippen molar-refractivity contribution in [3.63, 3.8) is 0 Å². The Bertz CT molecular complexity index is 1790. The van der Waals surface area contributed by atoms with Crippen LogP contribution in [0, 0.1) is 19.7 Å². The topological polar surface area (TPSA) is 84.2 Å². The summed E-state index contributed by atoms with van der Waals surface area (Å²) in [5.41, 5.74) is 3.35. The van der Waals surface area contributed by atoms with Gasteiger partial charge in [-0.15, -0.1) is 0 Å². The van der Waals surface area contributed by atoms with Gasteiger partial charge in [-0.1, -0.05) is 44.2 Å². The largest absolute Gasteiger partial charge is 0.355 e. The molecule has 5 rings (SSSR count). The Kier molecular flexibility index (Phi) is 7.90. The minimum Gasteiger partial charge on any atom is -0.349 e. The van der Waals surface area contributed by atoms with Crippen molar-refractivity contribution in [3.8, 4) is 16.9 Å². The van der Waals surface area contributed by atoms with Gasteiger partial charge in [-0.3, -0.25) is 9.78 Å². The molecule has 0 saturated carbocycles. The van der Waals surface area contributed by atoms with Crippen LogP contribution in [0.5, 0.6) is 0 Å². The fraction of sp³-hybridized carbons (Fsp3) is 0.344. The normalized spacial score (nSPS) is 17.3. The number of aromatic nitrogens is 4. The molecule has 42 heavy (non-hydrogen) atoms. The van der Waals surface area contributed by atoms with E-state index in [0.29, 0.717) is 35.6 Å². The van der Waals surface area contributed by atoms with Gasteiger partial charge in [0.2, 0.25) is 5.91 Å². The van der Waals surface area contributed by atoms with E-state index in [1.165, 1.54) is 16.7 Å². The number of pyridine rings is 2. The minimum atomic E-state index is -0.521. The van der Waals surface area contributed by atoms with Crippen LogP contribution in [-0.4, -0.2) is 55.5 Å². The molecule has 10 heteroatoms. The number of piperazine rings is 1. The molecular weight excluding hydrogens is 555 g/mol. The molecular formula is C32H34ClFN6O2. The summed E-state index contributed by atoms with van der Waals surface area (Å²) in [4.78, 5) is 44.5. The second kappa shape index (κ2) is 11.3. The van der Waals surface area contributed by atoms with Crippen LogP contribution in [0.4, 0.5) is 10.2 Å². The number of hydrogen-bond donors (Lipinski definition) is 0. The molecule has 1 aliphatic rings. The highest BCUT2D eigenvalue weighted by molar-refractivity contribution is 6.33. The molecule has 1 aromatic carbocycles. The van der Waals surface area contributed by atoms with Crippen LogP contribution in [0.15, 0.2) is 54.0 Å². The van der Waals surface area contributed by atoms with E-state index in [1.807, 2.05) is 46.4 Å². The summed E-state index contributed by atoms with van der Waals surface area (Å²) in [5.74, 6) is -0.159. The molecule has 1 fully saturated rings. The summed E-state index contributed by atoms with van der Waals surface area (Å²) in [6.07, 6.45) is 3.09. The van der Waals surface area contributed by atoms with Gasteiger partial charge in [-0.05, 0) is 69.0 Å². The van der Waals surface area contributed by atoms with E-state index in [1.54, 1.807) is 35.4 Å². The number of rotatable bonds is 5. The number of fused-ring (bicyclic) bond motifs is 1. The monoisotopic (exact) mass is 588 g/mol. The molecule has 8 nitrogen and oxygen atoms in total. The number of amides is 1. The highest BCUT2D eigenvalue weighted by Crippen LogP contribution is 2.37. The van der Waals surface area contributed by atoms with Gasteiger partial charge in [0.25, 0.3) is 0 Å². The van der Waals surface area contributed by atoms with Crippen LogP contribution in [0.25, 0.3) is 28.0 Å². The van der Waals surface area contributed by atoms with Crippen LogP contribution in [0.2, 0.25) is 5.02 Å². The fourth-order valence-corrected chi connectivity index (χ4v) is 5.90. The predicted octanol–water partition coefficient (Wildman–Crippen LogP) is 5.99. The zero-order valence-corrected chi connectivity index (χ0v) is 25.4. The minimum absolute atomic E-state index is 0.0445. The van der Waals surface area contributed by atoms with Crippen LogP contribution >= 0.6 is 11.6 Å². The second-order valence-electron chi connectivity index (χ2n) is 11.2. The van der Waals surface area contributed by atoms with Gasteiger partial charge in [0.1, 0.15) is 11.6 Å². The Morgan fingerprint density at radius 3 is 2.52 bits per heavy atom. The zero-order valence-electron chi connectivity index (χ0n) is 24.7. The summed E-state index contributed by atoms with van der Waals surface area (Å²) in [6, 6.07) is 7.65. The molecule has 4 heterocycles. The summed E-state index contributed by atoms with van der Waals surface area (Å²) in [5, 5.41) is 0.777. The molecule has 4 aromatic rings. The number of carbonyl (C=O) groups is 1. The lowest BCUT2D eigenvalue weighted by Crippen LogP contribution is -2.58. The highest BCUT2D eigenvalue weighted by atomic mass is 35.5. The first kappa shape index (κ1) is 29.4. The van der Waals surface area contributed by atoms with Crippen LogP contribution in [0.1, 0.15) is 50.4 Å². The number of anilines is 1. The smallest absolute Gasteiger partial charge is 0.349 e. The second-order valence-corrected chi connectivity index (χ2v) is 11.6. The number of nitrogens with zero attached hydrogens (tertiary/aromatic N) is 6. The van der Waals surface area contributed by atoms with Gasteiger partial charge in [-0.25, -0.2) is 18.7 Å². The summed E-state index contributed by atoms with van der Waals surface area (Å²) in [6.45, 7) is 16.3. The van der Waals surface area contributed by atoms with Crippen molar-refractivity contribution in [2.75, 3.05) is 18.0 Å². The lowest BCUT2D eigenvalue weighted by atomic mass is 9.99. The third-order valence-electron chi connectivity index (χ3n) is 8.06. The van der Waals surface area contributed by atoms with Crippen LogP contribution in [0.3, 0.4) is 0 Å². The van der Waals surface area contributed by atoms with Crippen molar-refractivity contribution >= 4 is 34.4 Å². The van der Waals surface area contributed by atoms with Gasteiger partial charge in [0, 0.05) is 42.6 Å². The summed E-state index contributed by atoms with van der Waals surface area (Å²) in [7, 11) is 0. The van der Waals surface area contributed by atoms with Gasteiger partial charge >= 0.3 is 5.69 Å². The van der Waals surface area contributed by atoms with Gasteiger partial charge in [-0.2, -0.15) is 4.98 Å². The molecule has 0 N–H and O–H groups in total. The molecule has 0 spiro atoms. The van der Waals surface area contributed by atoms with Crippen molar-refractivity contribution in [2.45, 2.75) is 59.5 Å². The quantitative estimate of drug-likeness (QED) is 0.266. The van der Waals surface area contributed by atoms with Crippen molar-refractivity contribution in [1.82, 2.24) is 24.4 Å². The molecule has 0 aliphatic carbocycles. The van der Waals surface area contributed by atoms with Crippen LogP contribution in [-0.2, 0) is 4.79 Å². The number of benzene rings is 1. The maximum atomic E-state index is 15.0. The molecule has 2 atom stereocenters. The Hall–Kier alpha value is -4.11. The fourth-order valence-electron chi connectivity index (χ4n) is 5.65. The molecule has 1 saturated heterocycles. The van der Waals surface area contributed by atoms with Crippen molar-refractivity contribution in [2.24, 2.45) is 0 Å². The molecule has 0 radical (unpaired) electrons. The average molecular weight is 589 g/mol. The predicted molar refractivity (Wildman–Crippen MR) is 165 cm³/mol. The lowest BCUT2D eigenvalue weighted by molar-refractivity contribution is -0.128. The molecule has 3 aromatic heterocycles. The van der Waals surface area contributed by atoms with E-state index in [-0.39, 0.29) is 40.2 Å². The standard InChI is InChI=1S/C32H34ClFN6O2/c1-8-27(41)38-15-19(5)39(16-18(38)4)30-23-13-25(33)28(22-11-9-10-12-26(22)34)36-31(23)40(32(42)37-30)29-20(6)21(7)35-14-24(29)17(2)3/h8-14,17-19H,1,15-16H2,2-7H3/t18-,19+/m0/s1. The van der Waals surface area contributed by atoms with Crippen molar-refractivity contribution < 1.29 is 9.18 Å². The first-order valence-corrected chi connectivity index (χ1v) is 14.4. The maximum Gasteiger partial charge on any atom is 0.355 e. The third kappa shape index (κ3) is 4.96. The SMILES string of the molecule is C=CC(=O)N1C[C@@H](C)N(c2nc(=O)n(-c3c(C(C)C)cnc(C)c3C)c3nc(-c4ccccc4F)c(Cl)cc23)C[C@@H]1C. The number of hydrogen-bond acceptors (Lipinski definition) is 6. The van der Waals surface area contributed by atoms with E-state index < -0.39 is 11.5 Å². The molecule has 0 unspecified atom stereocenters. The highest BCUT2D eigenvalue weighted by Gasteiger charge is 2.34. The number of aryl methyl sites for hydroxylation is 1. The first-order valence-electron chi connectivity index (χ1n) is 14.0. The average Bonchev–Trinajstić information content (AvgIpc) is 2.95. The van der Waals surface area contributed by atoms with E-state index in [4.69, 9.17) is 16.6 Å². The van der Waals surface area contributed by atoms with Gasteiger partial charge in [0.15, 0.2) is 5.65 Å². The van der Waals surface area contributed by atoms with Crippen LogP contribution < -0.4 is 10.6 Å². The first-order chi connectivity index (χ1) is 19.9. The van der Waals surface area contributed by atoms with E-state index in [0.717, 1.165) is 16.8 Å². The Balaban J connectivity index is 1.85. The molecule has 1 aliphatic heterocycles. The number of carbonyl (C=O) groups excluding carboxylic acids is 1. The lowest BCUT2D eigenvalue weighted by Gasteiger charge is -2.44. The van der Waals surface area contributed by atoms with E-state index in [9.17, 15) is 9.59 Å². The maximum absolute atomic E-state index is 15.0. The molecule has 0 bridgehead atoms. The van der Waals surface area contributed by atoms with E-state index >= 15 is 4.39 Å². The van der Waals surface area contributed by atoms with Crippen molar-refractivity contribution in [1.29, 1.82) is 0 Å². The Morgan fingerprint density at radius 1 is 1.14 bits per heavy atom. The van der Waals surface area contributed by atoms with Gasteiger partial charge in [0.05, 0.1) is 21.8 Å². The molecule has 218 valence electrons. The van der Waals surface area contributed by atoms with Gasteiger partial charge < -0.3 is 9.80 Å². The number of halogens is 2. The zero-order chi connectivity index (χ0) is 30.5. The Morgan fingerprint density at radius 2 is 1.86 bits per heavy atom.